The molecule has 3 nitrogen and oxygen atoms in total. The molecule has 0 aromatic heterocycles. The molecule has 0 bridgehead atoms. The number of amides is 1. The molecule has 0 saturated carbocycles. The molecule has 1 aromatic carbocycles. The molecule has 0 radical (unpaired) electrons. The molecule has 0 aliphatic carbocycles. The molecule has 20 heavy (non-hydrogen) atoms. The van der Waals surface area contributed by atoms with E-state index in [1.807, 2.05) is 11.0 Å². The Morgan fingerprint density at radius 2 is 1.85 bits per heavy atom. The summed E-state index contributed by atoms with van der Waals surface area (Å²) >= 11 is 0. The van der Waals surface area contributed by atoms with Crippen LogP contribution in [-0.4, -0.2) is 37.0 Å². The van der Waals surface area contributed by atoms with Gasteiger partial charge in [-0.1, -0.05) is 32.0 Å². The van der Waals surface area contributed by atoms with Crippen LogP contribution in [0.4, 0.5) is 4.39 Å². The summed E-state index contributed by atoms with van der Waals surface area (Å²) in [6.45, 7) is 6.69. The predicted octanol–water partition coefficient (Wildman–Crippen LogP) is 2.61. The SMILES string of the molecule is CCCN(CCC)C(=O)CNCCc1ccccc1F. The Bertz CT molecular complexity index is 403. The van der Waals surface area contributed by atoms with Crippen LogP contribution in [0.15, 0.2) is 24.3 Å². The maximum atomic E-state index is 13.4. The Kier molecular flexibility index (Phi) is 7.88. The van der Waals surface area contributed by atoms with Crippen LogP contribution in [0, 0.1) is 5.82 Å². The van der Waals surface area contributed by atoms with Crippen molar-refractivity contribution in [3.8, 4) is 0 Å². The summed E-state index contributed by atoms with van der Waals surface area (Å²) in [7, 11) is 0. The normalized spacial score (nSPS) is 10.6. The van der Waals surface area contributed by atoms with Crippen molar-refractivity contribution in [3.63, 3.8) is 0 Å². The molecule has 0 aliphatic heterocycles. The highest BCUT2D eigenvalue weighted by Crippen LogP contribution is 2.06. The lowest BCUT2D eigenvalue weighted by Crippen LogP contribution is -2.39. The van der Waals surface area contributed by atoms with Gasteiger partial charge in [-0.25, -0.2) is 4.39 Å². The quantitative estimate of drug-likeness (QED) is 0.705. The summed E-state index contributed by atoms with van der Waals surface area (Å²) in [6.07, 6.45) is 2.55. The van der Waals surface area contributed by atoms with Crippen LogP contribution in [0.3, 0.4) is 0 Å². The van der Waals surface area contributed by atoms with Crippen LogP contribution < -0.4 is 5.32 Å². The van der Waals surface area contributed by atoms with Crippen molar-refractivity contribution in [2.75, 3.05) is 26.2 Å². The highest BCUT2D eigenvalue weighted by Gasteiger charge is 2.10. The van der Waals surface area contributed by atoms with Crippen molar-refractivity contribution in [3.05, 3.63) is 35.6 Å². The minimum absolute atomic E-state index is 0.127. The van der Waals surface area contributed by atoms with Gasteiger partial charge in [-0.2, -0.15) is 0 Å². The van der Waals surface area contributed by atoms with Gasteiger partial charge in [-0.3, -0.25) is 4.79 Å². The highest BCUT2D eigenvalue weighted by molar-refractivity contribution is 5.78. The van der Waals surface area contributed by atoms with E-state index >= 15 is 0 Å². The first-order valence-corrected chi connectivity index (χ1v) is 7.40. The maximum absolute atomic E-state index is 13.4. The van der Waals surface area contributed by atoms with E-state index in [4.69, 9.17) is 0 Å². The predicted molar refractivity (Wildman–Crippen MR) is 80.1 cm³/mol. The summed E-state index contributed by atoms with van der Waals surface area (Å²) < 4.78 is 13.4. The molecular formula is C16H25FN2O. The van der Waals surface area contributed by atoms with Crippen molar-refractivity contribution in [1.29, 1.82) is 0 Å². The molecule has 1 aromatic rings. The Hall–Kier alpha value is -1.42. The van der Waals surface area contributed by atoms with E-state index in [1.54, 1.807) is 12.1 Å². The van der Waals surface area contributed by atoms with Crippen LogP contribution in [0.25, 0.3) is 0 Å². The van der Waals surface area contributed by atoms with Gasteiger partial charge in [0, 0.05) is 13.1 Å². The molecule has 1 N–H and O–H groups in total. The van der Waals surface area contributed by atoms with E-state index in [9.17, 15) is 9.18 Å². The zero-order valence-corrected chi connectivity index (χ0v) is 12.5. The van der Waals surface area contributed by atoms with Crippen LogP contribution in [0.2, 0.25) is 0 Å². The van der Waals surface area contributed by atoms with Gasteiger partial charge in [-0.15, -0.1) is 0 Å². The standard InChI is InChI=1S/C16H25FN2O/c1-3-11-19(12-4-2)16(20)13-18-10-9-14-7-5-6-8-15(14)17/h5-8,18H,3-4,9-13H2,1-2H3. The van der Waals surface area contributed by atoms with Crippen LogP contribution in [0.5, 0.6) is 0 Å². The number of hydrogen-bond donors (Lipinski definition) is 1. The van der Waals surface area contributed by atoms with Gasteiger partial charge in [0.2, 0.25) is 5.91 Å². The third kappa shape index (κ3) is 5.70. The largest absolute Gasteiger partial charge is 0.342 e. The van der Waals surface area contributed by atoms with Crippen molar-refractivity contribution in [2.45, 2.75) is 33.1 Å². The summed E-state index contributed by atoms with van der Waals surface area (Å²) in [6, 6.07) is 6.75. The fourth-order valence-corrected chi connectivity index (χ4v) is 2.13. The van der Waals surface area contributed by atoms with Crippen molar-refractivity contribution < 1.29 is 9.18 Å². The summed E-state index contributed by atoms with van der Waals surface area (Å²) in [5.74, 6) is -0.0542. The fraction of sp³-hybridized carbons (Fsp3) is 0.562. The second-order valence-corrected chi connectivity index (χ2v) is 4.90. The average Bonchev–Trinajstić information content (AvgIpc) is 2.45. The first-order valence-electron chi connectivity index (χ1n) is 7.40. The number of halogens is 1. The smallest absolute Gasteiger partial charge is 0.236 e. The van der Waals surface area contributed by atoms with E-state index in [-0.39, 0.29) is 11.7 Å². The van der Waals surface area contributed by atoms with Gasteiger partial charge in [0.25, 0.3) is 0 Å². The number of benzene rings is 1. The topological polar surface area (TPSA) is 32.3 Å². The molecule has 0 unspecified atom stereocenters. The minimum atomic E-state index is -0.181. The van der Waals surface area contributed by atoms with Gasteiger partial charge in [0.15, 0.2) is 0 Å². The molecule has 4 heteroatoms. The fourth-order valence-electron chi connectivity index (χ4n) is 2.13. The van der Waals surface area contributed by atoms with Crippen molar-refractivity contribution >= 4 is 5.91 Å². The molecule has 1 rings (SSSR count). The molecule has 1 amide bonds. The summed E-state index contributed by atoms with van der Waals surface area (Å²) in [4.78, 5) is 13.9. The monoisotopic (exact) mass is 280 g/mol. The number of carbonyl (C=O) groups is 1. The Balaban J connectivity index is 2.29. The zero-order chi connectivity index (χ0) is 14.8. The van der Waals surface area contributed by atoms with Crippen molar-refractivity contribution in [1.82, 2.24) is 10.2 Å². The van der Waals surface area contributed by atoms with Gasteiger partial charge in [-0.05, 0) is 37.4 Å². The third-order valence-electron chi connectivity index (χ3n) is 3.14. The first-order chi connectivity index (χ1) is 9.69. The summed E-state index contributed by atoms with van der Waals surface area (Å²) in [5.41, 5.74) is 0.687. The van der Waals surface area contributed by atoms with Gasteiger partial charge in [0.05, 0.1) is 6.54 Å². The Morgan fingerprint density at radius 1 is 1.20 bits per heavy atom. The van der Waals surface area contributed by atoms with Gasteiger partial charge in [0.1, 0.15) is 5.82 Å². The number of rotatable bonds is 9. The minimum Gasteiger partial charge on any atom is -0.342 e. The van der Waals surface area contributed by atoms with Crippen LogP contribution in [-0.2, 0) is 11.2 Å². The van der Waals surface area contributed by atoms with Gasteiger partial charge >= 0.3 is 0 Å². The lowest BCUT2D eigenvalue weighted by molar-refractivity contribution is -0.130. The lowest BCUT2D eigenvalue weighted by atomic mass is 10.1. The van der Waals surface area contributed by atoms with E-state index in [0.717, 1.165) is 25.9 Å². The van der Waals surface area contributed by atoms with E-state index < -0.39 is 0 Å². The van der Waals surface area contributed by atoms with Crippen LogP contribution in [0.1, 0.15) is 32.3 Å². The number of carbonyl (C=O) groups excluding carboxylic acids is 1. The molecule has 0 spiro atoms. The second-order valence-electron chi connectivity index (χ2n) is 4.90. The second kappa shape index (κ2) is 9.48. The Labute approximate surface area is 121 Å². The average molecular weight is 280 g/mol. The number of nitrogens with one attached hydrogen (secondary N) is 1. The van der Waals surface area contributed by atoms with E-state index in [2.05, 4.69) is 19.2 Å². The Morgan fingerprint density at radius 3 is 2.45 bits per heavy atom. The van der Waals surface area contributed by atoms with E-state index in [0.29, 0.717) is 25.1 Å². The maximum Gasteiger partial charge on any atom is 0.236 e. The molecule has 0 saturated heterocycles. The van der Waals surface area contributed by atoms with Gasteiger partial charge < -0.3 is 10.2 Å². The molecular weight excluding hydrogens is 255 g/mol. The molecule has 0 aliphatic rings. The molecule has 0 atom stereocenters. The van der Waals surface area contributed by atoms with Crippen LogP contribution >= 0.6 is 0 Å². The highest BCUT2D eigenvalue weighted by atomic mass is 19.1. The first kappa shape index (κ1) is 16.6. The lowest BCUT2D eigenvalue weighted by Gasteiger charge is -2.21. The van der Waals surface area contributed by atoms with E-state index in [1.165, 1.54) is 6.07 Å². The zero-order valence-electron chi connectivity index (χ0n) is 12.5. The molecule has 0 heterocycles. The molecule has 112 valence electrons. The van der Waals surface area contributed by atoms with Crippen molar-refractivity contribution in [2.24, 2.45) is 0 Å². The number of hydrogen-bond acceptors (Lipinski definition) is 2. The molecule has 0 fully saturated rings. The third-order valence-corrected chi connectivity index (χ3v) is 3.14. The number of nitrogens with zero attached hydrogens (tertiary/aromatic N) is 1. The summed E-state index contributed by atoms with van der Waals surface area (Å²) in [5, 5.41) is 3.10.